The third kappa shape index (κ3) is 6.41. The summed E-state index contributed by atoms with van der Waals surface area (Å²) >= 11 is 0. The van der Waals surface area contributed by atoms with Crippen LogP contribution < -0.4 is 21.1 Å². The Morgan fingerprint density at radius 3 is 2.50 bits per heavy atom. The molecular weight excluding hydrogens is 491 g/mol. The van der Waals surface area contributed by atoms with E-state index in [-0.39, 0.29) is 11.9 Å². The summed E-state index contributed by atoms with van der Waals surface area (Å²) in [7, 11) is 1.90. The minimum Gasteiger partial charge on any atom is -0.320 e. The number of rotatable bonds is 11. The predicted octanol–water partition coefficient (Wildman–Crippen LogP) is 5.56. The number of pyridine rings is 1. The second-order valence-electron chi connectivity index (χ2n) is 9.29. The van der Waals surface area contributed by atoms with Crippen LogP contribution in [0.1, 0.15) is 42.4 Å². The van der Waals surface area contributed by atoms with Crippen LogP contribution in [-0.4, -0.2) is 30.5 Å². The Morgan fingerprint density at radius 2 is 1.82 bits per heavy atom. The van der Waals surface area contributed by atoms with Gasteiger partial charge < -0.3 is 10.2 Å². The number of alkyl halides is 3. The minimum atomic E-state index is -4.41. The number of aromatic nitrogens is 1. The number of anilines is 2. The van der Waals surface area contributed by atoms with Crippen molar-refractivity contribution < 1.29 is 18.0 Å². The molecule has 0 saturated carbocycles. The molecule has 6 nitrogen and oxygen atoms in total. The Kier molecular flexibility index (Phi) is 8.81. The number of allylic oxidation sites excluding steroid dienone is 1. The first-order valence-corrected chi connectivity index (χ1v) is 12.7. The number of nitrogens with two attached hydrogens (primary N) is 1. The van der Waals surface area contributed by atoms with Gasteiger partial charge in [0.05, 0.1) is 23.4 Å². The molecule has 3 aromatic rings. The van der Waals surface area contributed by atoms with Gasteiger partial charge in [0.2, 0.25) is 5.91 Å². The Balaban J connectivity index is 1.50. The van der Waals surface area contributed by atoms with Gasteiger partial charge in [-0.2, -0.15) is 13.2 Å². The summed E-state index contributed by atoms with van der Waals surface area (Å²) in [5, 5.41) is 4.58. The summed E-state index contributed by atoms with van der Waals surface area (Å²) in [6.45, 7) is 0.791. The number of nitrogens with zero attached hydrogens (tertiary/aromatic N) is 3. The molecule has 0 aliphatic carbocycles. The van der Waals surface area contributed by atoms with Gasteiger partial charge in [0.1, 0.15) is 0 Å². The number of carbonyl (C=O) groups excluding carboxylic acids is 1. The van der Waals surface area contributed by atoms with Gasteiger partial charge in [-0.25, -0.2) is 5.84 Å². The molecule has 1 aliphatic rings. The van der Waals surface area contributed by atoms with Crippen molar-refractivity contribution in [1.29, 1.82) is 0 Å². The molecule has 0 fully saturated rings. The van der Waals surface area contributed by atoms with E-state index in [1.54, 1.807) is 12.4 Å². The van der Waals surface area contributed by atoms with Crippen molar-refractivity contribution in [2.75, 3.05) is 23.5 Å². The maximum atomic E-state index is 13.0. The Labute approximate surface area is 220 Å². The number of carbonyl (C=O) groups is 1. The van der Waals surface area contributed by atoms with Gasteiger partial charge in [0, 0.05) is 29.7 Å². The molecule has 0 radical (unpaired) electrons. The molecule has 1 unspecified atom stereocenters. The molecule has 1 aromatic heterocycles. The summed E-state index contributed by atoms with van der Waals surface area (Å²) in [6.07, 6.45) is 4.39. The standard InChI is InChI=1S/C29H32F3N5O/c1-34-17-16-24(36-26-8-4-2-6-22(26)20-28(36)38)7-3-5-9-27(21-14-18-35-19-15-21)37(33)25-12-10-23(11-13-25)29(30,31)32/h2,4,6,8-15,18-19,24,34H,3,5,7,16-17,20,33H2,1H3/b27-9-. The van der Waals surface area contributed by atoms with Crippen molar-refractivity contribution in [3.63, 3.8) is 0 Å². The van der Waals surface area contributed by atoms with Crippen molar-refractivity contribution in [2.45, 2.75) is 44.3 Å². The third-order valence-corrected chi connectivity index (χ3v) is 6.74. The van der Waals surface area contributed by atoms with Crippen molar-refractivity contribution in [2.24, 2.45) is 5.84 Å². The molecule has 0 saturated heterocycles. The van der Waals surface area contributed by atoms with Crippen LogP contribution in [0.4, 0.5) is 24.5 Å². The number of fused-ring (bicyclic) bond motifs is 1. The summed E-state index contributed by atoms with van der Waals surface area (Å²) in [6, 6.07) is 16.4. The van der Waals surface area contributed by atoms with Crippen LogP contribution in [0.2, 0.25) is 0 Å². The van der Waals surface area contributed by atoms with Gasteiger partial charge in [-0.15, -0.1) is 0 Å². The van der Waals surface area contributed by atoms with E-state index in [2.05, 4.69) is 10.3 Å². The van der Waals surface area contributed by atoms with Crippen molar-refractivity contribution in [1.82, 2.24) is 10.3 Å². The average molecular weight is 524 g/mol. The zero-order chi connectivity index (χ0) is 27.1. The largest absolute Gasteiger partial charge is 0.416 e. The summed E-state index contributed by atoms with van der Waals surface area (Å²) < 4.78 is 39.1. The molecule has 2 aromatic carbocycles. The van der Waals surface area contributed by atoms with Crippen molar-refractivity contribution in [3.8, 4) is 0 Å². The fourth-order valence-electron chi connectivity index (χ4n) is 4.81. The second kappa shape index (κ2) is 12.2. The van der Waals surface area contributed by atoms with Gasteiger partial charge >= 0.3 is 6.18 Å². The number of amides is 1. The zero-order valence-corrected chi connectivity index (χ0v) is 21.3. The lowest BCUT2D eigenvalue weighted by atomic mass is 10.0. The van der Waals surface area contributed by atoms with Gasteiger partial charge in [0.15, 0.2) is 0 Å². The molecule has 0 bridgehead atoms. The predicted molar refractivity (Wildman–Crippen MR) is 144 cm³/mol. The van der Waals surface area contributed by atoms with Gasteiger partial charge in [-0.3, -0.25) is 14.8 Å². The molecule has 3 N–H and O–H groups in total. The van der Waals surface area contributed by atoms with Crippen LogP contribution in [0.3, 0.4) is 0 Å². The van der Waals surface area contributed by atoms with Crippen molar-refractivity contribution >= 4 is 23.0 Å². The number of halogens is 3. The zero-order valence-electron chi connectivity index (χ0n) is 21.3. The molecule has 1 atom stereocenters. The number of unbranched alkanes of at least 4 members (excludes halogenated alkanes) is 1. The number of hydrogen-bond donors (Lipinski definition) is 2. The molecule has 9 heteroatoms. The van der Waals surface area contributed by atoms with E-state index in [4.69, 9.17) is 5.84 Å². The van der Waals surface area contributed by atoms with Crippen LogP contribution in [-0.2, 0) is 17.4 Å². The first kappa shape index (κ1) is 27.3. The third-order valence-electron chi connectivity index (χ3n) is 6.74. The number of benzene rings is 2. The van der Waals surface area contributed by atoms with E-state index in [1.165, 1.54) is 17.1 Å². The average Bonchev–Trinajstić information content (AvgIpc) is 3.25. The molecule has 200 valence electrons. The summed E-state index contributed by atoms with van der Waals surface area (Å²) in [5.41, 5.74) is 3.23. The van der Waals surface area contributed by atoms with E-state index in [9.17, 15) is 18.0 Å². The highest BCUT2D eigenvalue weighted by atomic mass is 19.4. The highest BCUT2D eigenvalue weighted by molar-refractivity contribution is 6.01. The van der Waals surface area contributed by atoms with Crippen LogP contribution in [0, 0.1) is 0 Å². The summed E-state index contributed by atoms with van der Waals surface area (Å²) in [5.74, 6) is 6.53. The molecular formula is C29H32F3N5O. The van der Waals surface area contributed by atoms with E-state index in [0.29, 0.717) is 24.2 Å². The normalized spacial score (nSPS) is 14.5. The fraction of sp³-hybridized carbons (Fsp3) is 0.310. The molecule has 0 spiro atoms. The molecule has 2 heterocycles. The quantitative estimate of drug-likeness (QED) is 0.196. The van der Waals surface area contributed by atoms with E-state index < -0.39 is 11.7 Å². The van der Waals surface area contributed by atoms with Crippen LogP contribution in [0.15, 0.2) is 79.1 Å². The molecule has 38 heavy (non-hydrogen) atoms. The highest BCUT2D eigenvalue weighted by Gasteiger charge is 2.32. The van der Waals surface area contributed by atoms with Gasteiger partial charge in [-0.1, -0.05) is 24.3 Å². The van der Waals surface area contributed by atoms with Crippen molar-refractivity contribution in [3.05, 3.63) is 95.8 Å². The first-order chi connectivity index (χ1) is 18.3. The lowest BCUT2D eigenvalue weighted by Crippen LogP contribution is -2.39. The highest BCUT2D eigenvalue weighted by Crippen LogP contribution is 2.34. The monoisotopic (exact) mass is 523 g/mol. The summed E-state index contributed by atoms with van der Waals surface area (Å²) in [4.78, 5) is 18.9. The van der Waals surface area contributed by atoms with Crippen LogP contribution >= 0.6 is 0 Å². The minimum absolute atomic E-state index is 0.0558. The SMILES string of the molecule is CNCCC(CCC/C=C(/c1ccncc1)N(N)c1ccc(C(F)(F)F)cc1)N1C(=O)Cc2ccccc21. The Morgan fingerprint density at radius 1 is 1.11 bits per heavy atom. The van der Waals surface area contributed by atoms with Crippen LogP contribution in [0.25, 0.3) is 5.70 Å². The number of nitrogens with one attached hydrogen (secondary N) is 1. The van der Waals surface area contributed by atoms with Gasteiger partial charge in [0.25, 0.3) is 0 Å². The first-order valence-electron chi connectivity index (χ1n) is 12.7. The number of hydrazine groups is 1. The fourth-order valence-corrected chi connectivity index (χ4v) is 4.81. The molecule has 4 rings (SSSR count). The number of hydrogen-bond acceptors (Lipinski definition) is 5. The Hall–Kier alpha value is -3.69. The maximum absolute atomic E-state index is 13.0. The molecule has 1 amide bonds. The smallest absolute Gasteiger partial charge is 0.320 e. The maximum Gasteiger partial charge on any atom is 0.416 e. The Bertz CT molecular complexity index is 1250. The van der Waals surface area contributed by atoms with E-state index in [0.717, 1.165) is 54.8 Å². The molecule has 1 aliphatic heterocycles. The second-order valence-corrected chi connectivity index (χ2v) is 9.29. The topological polar surface area (TPSA) is 74.5 Å². The lowest BCUT2D eigenvalue weighted by Gasteiger charge is -2.29. The number of para-hydroxylation sites is 1. The lowest BCUT2D eigenvalue weighted by molar-refractivity contribution is -0.137. The van der Waals surface area contributed by atoms with Crippen LogP contribution in [0.5, 0.6) is 0 Å². The van der Waals surface area contributed by atoms with E-state index in [1.807, 2.05) is 54.4 Å². The van der Waals surface area contributed by atoms with E-state index >= 15 is 0 Å². The van der Waals surface area contributed by atoms with Gasteiger partial charge in [-0.05, 0) is 87.3 Å².